The summed E-state index contributed by atoms with van der Waals surface area (Å²) in [5.74, 6) is 2.71. The molecular formula is C18H24N6OS2. The first-order chi connectivity index (χ1) is 13.3. The number of piperazine rings is 1. The van der Waals surface area contributed by atoms with Crippen LogP contribution in [0.25, 0.3) is 0 Å². The van der Waals surface area contributed by atoms with Crippen LogP contribution in [0.4, 0.5) is 5.13 Å². The van der Waals surface area contributed by atoms with Crippen LogP contribution in [0.15, 0.2) is 10.9 Å². The van der Waals surface area contributed by atoms with Gasteiger partial charge in [-0.1, -0.05) is 11.3 Å². The second kappa shape index (κ2) is 7.52. The summed E-state index contributed by atoms with van der Waals surface area (Å²) < 4.78 is 1.66. The first-order valence-electron chi connectivity index (χ1n) is 9.74. The molecule has 2 fully saturated rings. The lowest BCUT2D eigenvalue weighted by Crippen LogP contribution is -2.47. The highest BCUT2D eigenvalue weighted by Crippen LogP contribution is 2.42. The highest BCUT2D eigenvalue weighted by atomic mass is 32.2. The van der Waals surface area contributed by atoms with Crippen molar-refractivity contribution in [2.45, 2.75) is 37.5 Å². The number of fused-ring (bicyclic) bond motifs is 1. The van der Waals surface area contributed by atoms with Gasteiger partial charge in [0.1, 0.15) is 5.01 Å². The average molecular weight is 405 g/mol. The minimum Gasteiger partial charge on any atom is -0.344 e. The molecule has 0 amide bonds. The number of aromatic nitrogens is 4. The van der Waals surface area contributed by atoms with Gasteiger partial charge in [0.05, 0.1) is 12.2 Å². The van der Waals surface area contributed by atoms with Crippen LogP contribution in [-0.4, -0.2) is 63.4 Å². The molecule has 1 saturated carbocycles. The third kappa shape index (κ3) is 3.90. The maximum atomic E-state index is 12.3. The molecule has 2 aromatic heterocycles. The van der Waals surface area contributed by atoms with E-state index in [1.54, 1.807) is 22.1 Å². The van der Waals surface area contributed by atoms with E-state index in [2.05, 4.69) is 25.1 Å². The lowest BCUT2D eigenvalue weighted by atomic mass is 10.2. The molecule has 0 radical (unpaired) electrons. The summed E-state index contributed by atoms with van der Waals surface area (Å²) in [6.07, 6.45) is 3.53. The molecule has 2 aromatic rings. The largest absolute Gasteiger partial charge is 0.344 e. The summed E-state index contributed by atoms with van der Waals surface area (Å²) >= 11 is 3.65. The van der Waals surface area contributed by atoms with Crippen molar-refractivity contribution >= 4 is 28.2 Å². The Hall–Kier alpha value is -1.45. The molecule has 0 spiro atoms. The molecular weight excluding hydrogens is 380 g/mol. The maximum Gasteiger partial charge on any atom is 0.267 e. The first-order valence-corrected chi connectivity index (χ1v) is 11.7. The van der Waals surface area contributed by atoms with Crippen LogP contribution in [0.5, 0.6) is 0 Å². The zero-order valence-electron chi connectivity index (χ0n) is 15.3. The number of nitrogens with zero attached hydrogens (tertiary/aromatic N) is 6. The van der Waals surface area contributed by atoms with E-state index in [4.69, 9.17) is 0 Å². The molecule has 0 aromatic carbocycles. The SMILES string of the molecule is O=c1cc2c(nn1CCN1CCN(c3nnc(C4CC4)s3)CC1)CCSC2. The van der Waals surface area contributed by atoms with Crippen LogP contribution in [0.1, 0.15) is 35.0 Å². The second-order valence-corrected chi connectivity index (χ2v) is 9.60. The Bertz CT molecular complexity index is 869. The standard InChI is InChI=1S/C18H24N6OS2/c25-16-11-14-12-26-10-3-15(14)21-24(16)9-6-22-4-7-23(8-5-22)18-20-19-17(27-18)13-1-2-13/h11,13H,1-10,12H2. The van der Waals surface area contributed by atoms with E-state index >= 15 is 0 Å². The van der Waals surface area contributed by atoms with Crippen LogP contribution >= 0.6 is 23.1 Å². The molecule has 0 atom stereocenters. The molecule has 9 heteroatoms. The fraction of sp³-hybridized carbons (Fsp3) is 0.667. The van der Waals surface area contributed by atoms with Crippen LogP contribution in [-0.2, 0) is 18.7 Å². The molecule has 2 aliphatic heterocycles. The van der Waals surface area contributed by atoms with E-state index in [1.807, 2.05) is 11.8 Å². The van der Waals surface area contributed by atoms with Gasteiger partial charge in [0.2, 0.25) is 5.13 Å². The molecule has 3 aliphatic rings. The van der Waals surface area contributed by atoms with E-state index in [1.165, 1.54) is 17.8 Å². The Labute approximate surface area is 166 Å². The Balaban J connectivity index is 1.16. The summed E-state index contributed by atoms with van der Waals surface area (Å²) in [7, 11) is 0. The van der Waals surface area contributed by atoms with Crippen molar-refractivity contribution in [1.82, 2.24) is 24.9 Å². The minimum absolute atomic E-state index is 0.0383. The molecule has 5 rings (SSSR count). The Morgan fingerprint density at radius 3 is 2.78 bits per heavy atom. The van der Waals surface area contributed by atoms with Crippen molar-refractivity contribution in [1.29, 1.82) is 0 Å². The Morgan fingerprint density at radius 2 is 1.96 bits per heavy atom. The van der Waals surface area contributed by atoms with Crippen molar-refractivity contribution in [3.05, 3.63) is 32.7 Å². The van der Waals surface area contributed by atoms with E-state index in [-0.39, 0.29) is 5.56 Å². The molecule has 0 unspecified atom stereocenters. The minimum atomic E-state index is 0.0383. The van der Waals surface area contributed by atoms with Gasteiger partial charge in [0.15, 0.2) is 0 Å². The van der Waals surface area contributed by atoms with Gasteiger partial charge in [0.25, 0.3) is 5.56 Å². The molecule has 1 saturated heterocycles. The number of rotatable bonds is 5. The number of hydrogen-bond donors (Lipinski definition) is 0. The maximum absolute atomic E-state index is 12.3. The predicted molar refractivity (Wildman–Crippen MR) is 109 cm³/mol. The molecule has 0 bridgehead atoms. The highest BCUT2D eigenvalue weighted by Gasteiger charge is 2.29. The number of anilines is 1. The fourth-order valence-corrected chi connectivity index (χ4v) is 5.68. The van der Waals surface area contributed by atoms with Gasteiger partial charge in [-0.2, -0.15) is 16.9 Å². The molecule has 144 valence electrons. The topological polar surface area (TPSA) is 67.2 Å². The van der Waals surface area contributed by atoms with Crippen LogP contribution < -0.4 is 10.5 Å². The van der Waals surface area contributed by atoms with Gasteiger partial charge in [-0.05, 0) is 24.2 Å². The van der Waals surface area contributed by atoms with Crippen molar-refractivity contribution in [2.24, 2.45) is 0 Å². The fourth-order valence-electron chi connectivity index (χ4n) is 3.66. The number of thioether (sulfide) groups is 1. The third-order valence-electron chi connectivity index (χ3n) is 5.53. The zero-order chi connectivity index (χ0) is 18.2. The highest BCUT2D eigenvalue weighted by molar-refractivity contribution is 7.98. The second-order valence-electron chi connectivity index (χ2n) is 7.51. The third-order valence-corrected chi connectivity index (χ3v) is 7.69. The van der Waals surface area contributed by atoms with Gasteiger partial charge in [-0.3, -0.25) is 9.69 Å². The first kappa shape index (κ1) is 17.6. The van der Waals surface area contributed by atoms with Gasteiger partial charge in [-0.25, -0.2) is 4.68 Å². The van der Waals surface area contributed by atoms with Crippen molar-refractivity contribution in [3.8, 4) is 0 Å². The number of aryl methyl sites for hydroxylation is 1. The van der Waals surface area contributed by atoms with Crippen molar-refractivity contribution < 1.29 is 0 Å². The monoisotopic (exact) mass is 404 g/mol. The summed E-state index contributed by atoms with van der Waals surface area (Å²) in [6, 6.07) is 1.79. The van der Waals surface area contributed by atoms with Gasteiger partial charge in [-0.15, -0.1) is 10.2 Å². The molecule has 27 heavy (non-hydrogen) atoms. The molecule has 4 heterocycles. The smallest absolute Gasteiger partial charge is 0.267 e. The van der Waals surface area contributed by atoms with Crippen LogP contribution in [0.3, 0.4) is 0 Å². The normalized spacial score (nSPS) is 20.7. The summed E-state index contributed by atoms with van der Waals surface area (Å²) in [6.45, 7) is 5.48. The van der Waals surface area contributed by atoms with Gasteiger partial charge >= 0.3 is 0 Å². The van der Waals surface area contributed by atoms with Gasteiger partial charge < -0.3 is 4.90 Å². The molecule has 7 nitrogen and oxygen atoms in total. The Morgan fingerprint density at radius 1 is 1.11 bits per heavy atom. The quantitative estimate of drug-likeness (QED) is 0.750. The number of hydrogen-bond acceptors (Lipinski definition) is 8. The lowest BCUT2D eigenvalue weighted by molar-refractivity contribution is 0.242. The van der Waals surface area contributed by atoms with Crippen molar-refractivity contribution in [3.63, 3.8) is 0 Å². The van der Waals surface area contributed by atoms with E-state index in [9.17, 15) is 4.79 Å². The lowest BCUT2D eigenvalue weighted by Gasteiger charge is -2.34. The average Bonchev–Trinajstić information content (AvgIpc) is 3.44. The summed E-state index contributed by atoms with van der Waals surface area (Å²) in [5.41, 5.74) is 2.28. The summed E-state index contributed by atoms with van der Waals surface area (Å²) in [4.78, 5) is 17.1. The van der Waals surface area contributed by atoms with E-state index < -0.39 is 0 Å². The van der Waals surface area contributed by atoms with E-state index in [0.717, 1.165) is 67.0 Å². The zero-order valence-corrected chi connectivity index (χ0v) is 17.0. The summed E-state index contributed by atoms with van der Waals surface area (Å²) in [5, 5.41) is 15.7. The molecule has 0 N–H and O–H groups in total. The van der Waals surface area contributed by atoms with Crippen LogP contribution in [0, 0.1) is 0 Å². The predicted octanol–water partition coefficient (Wildman–Crippen LogP) is 1.58. The van der Waals surface area contributed by atoms with E-state index in [0.29, 0.717) is 12.5 Å². The van der Waals surface area contributed by atoms with Crippen molar-refractivity contribution in [2.75, 3.05) is 43.4 Å². The Kier molecular flexibility index (Phi) is 4.91. The van der Waals surface area contributed by atoms with Gasteiger partial charge in [0, 0.05) is 56.9 Å². The molecule has 1 aliphatic carbocycles. The van der Waals surface area contributed by atoms with Crippen LogP contribution in [0.2, 0.25) is 0 Å².